The van der Waals surface area contributed by atoms with Gasteiger partial charge in [-0.3, -0.25) is 0 Å². The molecule has 1 atom stereocenters. The normalized spacial score (nSPS) is 11.7. The average molecular weight is 264 g/mol. The van der Waals surface area contributed by atoms with Crippen molar-refractivity contribution >= 4 is 11.9 Å². The smallest absolute Gasteiger partial charge is 0.323 e. The van der Waals surface area contributed by atoms with E-state index in [1.807, 2.05) is 25.7 Å². The van der Waals surface area contributed by atoms with E-state index < -0.39 is 0 Å². The zero-order valence-corrected chi connectivity index (χ0v) is 11.6. The van der Waals surface area contributed by atoms with Crippen molar-refractivity contribution in [2.75, 3.05) is 30.3 Å². The molecule has 1 aromatic rings. The lowest BCUT2D eigenvalue weighted by Gasteiger charge is -2.22. The zero-order valence-electron chi connectivity index (χ0n) is 11.6. The highest BCUT2D eigenvalue weighted by Gasteiger charge is 2.14. The van der Waals surface area contributed by atoms with Crippen LogP contribution in [0.1, 0.15) is 27.2 Å². The number of nitriles is 1. The van der Waals surface area contributed by atoms with Gasteiger partial charge in [-0.15, -0.1) is 0 Å². The van der Waals surface area contributed by atoms with Crippen LogP contribution in [0, 0.1) is 17.2 Å². The molecule has 7 heteroatoms. The Balaban J connectivity index is 2.90. The Bertz CT molecular complexity index is 444. The Labute approximate surface area is 113 Å². The highest BCUT2D eigenvalue weighted by atomic mass is 16.5. The maximum Gasteiger partial charge on any atom is 0.323 e. The summed E-state index contributed by atoms with van der Waals surface area (Å²) in [6.07, 6.45) is 0.865. The van der Waals surface area contributed by atoms with Gasteiger partial charge in [0.1, 0.15) is 0 Å². The number of hydrogen-bond donors (Lipinski definition) is 1. The molecular formula is C12H20N6O. The van der Waals surface area contributed by atoms with Gasteiger partial charge in [-0.05, 0) is 20.3 Å². The zero-order chi connectivity index (χ0) is 14.3. The molecule has 0 aliphatic carbocycles. The number of aromatic nitrogens is 3. The molecule has 1 unspecified atom stereocenters. The summed E-state index contributed by atoms with van der Waals surface area (Å²) in [6, 6.07) is 2.42. The Kier molecular flexibility index (Phi) is 5.79. The molecule has 2 N–H and O–H groups in total. The van der Waals surface area contributed by atoms with Crippen LogP contribution in [-0.2, 0) is 0 Å². The molecule has 0 radical (unpaired) electrons. The van der Waals surface area contributed by atoms with Crippen LogP contribution in [0.5, 0.6) is 6.01 Å². The van der Waals surface area contributed by atoms with E-state index in [9.17, 15) is 0 Å². The molecule has 0 aliphatic heterocycles. The minimum atomic E-state index is -0.113. The first kappa shape index (κ1) is 15.0. The summed E-state index contributed by atoms with van der Waals surface area (Å²) in [4.78, 5) is 14.1. The van der Waals surface area contributed by atoms with Crippen LogP contribution in [0.4, 0.5) is 11.9 Å². The highest BCUT2D eigenvalue weighted by Crippen LogP contribution is 2.14. The largest absolute Gasteiger partial charge is 0.463 e. The molecule has 1 heterocycles. The molecule has 1 rings (SSSR count). The fourth-order valence-corrected chi connectivity index (χ4v) is 1.48. The average Bonchev–Trinajstić information content (AvgIpc) is 2.41. The van der Waals surface area contributed by atoms with E-state index in [1.165, 1.54) is 0 Å². The molecule has 0 amide bonds. The minimum absolute atomic E-state index is 0.113. The first-order valence-corrected chi connectivity index (χ1v) is 6.39. The standard InChI is InChI=1S/C12H20N6O/c1-4-6-19-12-16-10(14)15-11(17-12)18(5-2)8-9(3)7-13/h9H,4-6,8H2,1-3H3,(H2,14,15,16,17). The quantitative estimate of drug-likeness (QED) is 0.790. The van der Waals surface area contributed by atoms with Crippen LogP contribution >= 0.6 is 0 Å². The van der Waals surface area contributed by atoms with Gasteiger partial charge in [0.25, 0.3) is 0 Å². The van der Waals surface area contributed by atoms with Gasteiger partial charge < -0.3 is 15.4 Å². The van der Waals surface area contributed by atoms with Crippen LogP contribution in [0.2, 0.25) is 0 Å². The lowest BCUT2D eigenvalue weighted by atomic mass is 10.2. The maximum atomic E-state index is 8.87. The van der Waals surface area contributed by atoms with E-state index in [0.717, 1.165) is 6.42 Å². The van der Waals surface area contributed by atoms with Crippen LogP contribution in [-0.4, -0.2) is 34.6 Å². The van der Waals surface area contributed by atoms with Crippen LogP contribution < -0.4 is 15.4 Å². The molecule has 0 bridgehead atoms. The van der Waals surface area contributed by atoms with Gasteiger partial charge in [0.15, 0.2) is 0 Å². The second kappa shape index (κ2) is 7.36. The Hall–Kier alpha value is -2.10. The SMILES string of the molecule is CCCOc1nc(N)nc(N(CC)CC(C)C#N)n1. The van der Waals surface area contributed by atoms with Gasteiger partial charge in [-0.25, -0.2) is 0 Å². The van der Waals surface area contributed by atoms with Crippen molar-refractivity contribution in [3.05, 3.63) is 0 Å². The van der Waals surface area contributed by atoms with Crippen LogP contribution in [0.25, 0.3) is 0 Å². The third-order valence-electron chi connectivity index (χ3n) is 2.43. The topological polar surface area (TPSA) is 101 Å². The van der Waals surface area contributed by atoms with Gasteiger partial charge in [-0.2, -0.15) is 20.2 Å². The van der Waals surface area contributed by atoms with E-state index in [4.69, 9.17) is 15.7 Å². The summed E-state index contributed by atoms with van der Waals surface area (Å²) in [5, 5.41) is 8.87. The number of ether oxygens (including phenoxy) is 1. The van der Waals surface area contributed by atoms with Crippen molar-refractivity contribution in [3.8, 4) is 12.1 Å². The van der Waals surface area contributed by atoms with Crippen LogP contribution in [0.15, 0.2) is 0 Å². The summed E-state index contributed by atoms with van der Waals surface area (Å²) >= 11 is 0. The summed E-state index contributed by atoms with van der Waals surface area (Å²) in [6.45, 7) is 7.58. The number of nitrogens with two attached hydrogens (primary N) is 1. The van der Waals surface area contributed by atoms with E-state index in [0.29, 0.717) is 25.6 Å². The molecule has 1 aromatic heterocycles. The van der Waals surface area contributed by atoms with Gasteiger partial charge in [0.2, 0.25) is 11.9 Å². The number of hydrogen-bond acceptors (Lipinski definition) is 7. The monoisotopic (exact) mass is 264 g/mol. The predicted octanol–water partition coefficient (Wildman–Crippen LogP) is 1.23. The molecule has 7 nitrogen and oxygen atoms in total. The molecule has 0 aliphatic rings. The Morgan fingerprint density at radius 2 is 2.11 bits per heavy atom. The van der Waals surface area contributed by atoms with E-state index >= 15 is 0 Å². The van der Waals surface area contributed by atoms with Gasteiger partial charge in [-0.1, -0.05) is 6.92 Å². The number of nitrogens with zero attached hydrogens (tertiary/aromatic N) is 5. The third-order valence-corrected chi connectivity index (χ3v) is 2.43. The lowest BCUT2D eigenvalue weighted by molar-refractivity contribution is 0.292. The number of nitrogen functional groups attached to an aromatic ring is 1. The first-order valence-electron chi connectivity index (χ1n) is 6.39. The van der Waals surface area contributed by atoms with Gasteiger partial charge in [0.05, 0.1) is 18.6 Å². The van der Waals surface area contributed by atoms with Crippen molar-refractivity contribution < 1.29 is 4.74 Å². The molecule has 19 heavy (non-hydrogen) atoms. The molecular weight excluding hydrogens is 244 g/mol. The number of rotatable bonds is 7. The fourth-order valence-electron chi connectivity index (χ4n) is 1.48. The Morgan fingerprint density at radius 1 is 1.37 bits per heavy atom. The van der Waals surface area contributed by atoms with Gasteiger partial charge in [0, 0.05) is 13.1 Å². The van der Waals surface area contributed by atoms with E-state index in [-0.39, 0.29) is 17.9 Å². The lowest BCUT2D eigenvalue weighted by Crippen LogP contribution is -2.30. The van der Waals surface area contributed by atoms with Crippen molar-refractivity contribution in [1.29, 1.82) is 5.26 Å². The van der Waals surface area contributed by atoms with Gasteiger partial charge >= 0.3 is 6.01 Å². The molecule has 0 saturated carbocycles. The van der Waals surface area contributed by atoms with Crippen molar-refractivity contribution in [3.63, 3.8) is 0 Å². The Morgan fingerprint density at radius 3 is 2.68 bits per heavy atom. The summed E-state index contributed by atoms with van der Waals surface area (Å²) in [7, 11) is 0. The van der Waals surface area contributed by atoms with E-state index in [2.05, 4.69) is 21.0 Å². The summed E-state index contributed by atoms with van der Waals surface area (Å²) < 4.78 is 5.37. The van der Waals surface area contributed by atoms with Crippen molar-refractivity contribution in [1.82, 2.24) is 15.0 Å². The predicted molar refractivity (Wildman–Crippen MR) is 72.7 cm³/mol. The minimum Gasteiger partial charge on any atom is -0.463 e. The second-order valence-electron chi connectivity index (χ2n) is 4.19. The maximum absolute atomic E-state index is 8.87. The van der Waals surface area contributed by atoms with Crippen molar-refractivity contribution in [2.45, 2.75) is 27.2 Å². The fraction of sp³-hybridized carbons (Fsp3) is 0.667. The first-order chi connectivity index (χ1) is 9.10. The van der Waals surface area contributed by atoms with Crippen molar-refractivity contribution in [2.24, 2.45) is 5.92 Å². The van der Waals surface area contributed by atoms with Crippen LogP contribution in [0.3, 0.4) is 0 Å². The third kappa shape index (κ3) is 4.58. The molecule has 0 saturated heterocycles. The molecule has 0 aromatic carbocycles. The highest BCUT2D eigenvalue weighted by molar-refractivity contribution is 5.36. The number of anilines is 2. The van der Waals surface area contributed by atoms with E-state index in [1.54, 1.807) is 0 Å². The summed E-state index contributed by atoms with van der Waals surface area (Å²) in [5.41, 5.74) is 5.65. The summed E-state index contributed by atoms with van der Waals surface area (Å²) in [5.74, 6) is 0.459. The molecule has 0 spiro atoms. The molecule has 104 valence electrons. The second-order valence-corrected chi connectivity index (χ2v) is 4.19. The molecule has 0 fully saturated rings.